The van der Waals surface area contributed by atoms with Crippen LogP contribution in [0.3, 0.4) is 0 Å². The van der Waals surface area contributed by atoms with Crippen LogP contribution in [0, 0.1) is 0 Å². The zero-order valence-corrected chi connectivity index (χ0v) is 10.7. The fourth-order valence-electron chi connectivity index (χ4n) is 0.552. The Morgan fingerprint density at radius 1 is 1.00 bits per heavy atom. The van der Waals surface area contributed by atoms with E-state index in [-0.39, 0.29) is 64.6 Å². The van der Waals surface area contributed by atoms with Crippen LogP contribution in [0.4, 0.5) is 0 Å². The van der Waals surface area contributed by atoms with Gasteiger partial charge in [-0.1, -0.05) is 0 Å². The molecule has 0 aliphatic heterocycles. The average Bonchev–Trinajstić information content (AvgIpc) is 1.79. The molecule has 0 radical (unpaired) electrons. The van der Waals surface area contributed by atoms with Crippen LogP contribution < -0.4 is 0 Å². The Hall–Kier alpha value is 0.511. The van der Waals surface area contributed by atoms with E-state index in [0.29, 0.717) is 12.8 Å². The monoisotopic (exact) mass is 286 g/mol. The standard InChI is InChI=1S/C6H10O4.Ba.2H/c7-5(8)3-1-2-4-6(9)10;;;/h1-4H2,(H,7,8)(H,9,10);;;/q;+2;2*-1. The number of rotatable bonds is 5. The molecule has 0 amide bonds. The third-order valence-corrected chi connectivity index (χ3v) is 1.03. The minimum Gasteiger partial charge on any atom is -1.00 e. The molecule has 0 atom stereocenters. The van der Waals surface area contributed by atoms with E-state index < -0.39 is 11.9 Å². The fourth-order valence-corrected chi connectivity index (χ4v) is 0.552. The summed E-state index contributed by atoms with van der Waals surface area (Å²) < 4.78 is 0. The predicted molar refractivity (Wildman–Crippen MR) is 41.7 cm³/mol. The Kier molecular flexibility index (Phi) is 11.0. The van der Waals surface area contributed by atoms with Crippen molar-refractivity contribution in [2.75, 3.05) is 0 Å². The van der Waals surface area contributed by atoms with E-state index in [0.717, 1.165) is 0 Å². The van der Waals surface area contributed by atoms with Crippen molar-refractivity contribution >= 4 is 60.8 Å². The van der Waals surface area contributed by atoms with E-state index in [4.69, 9.17) is 10.2 Å². The van der Waals surface area contributed by atoms with Crippen LogP contribution in [0.1, 0.15) is 28.5 Å². The number of hydrogen-bond acceptors (Lipinski definition) is 2. The van der Waals surface area contributed by atoms with E-state index >= 15 is 0 Å². The maximum atomic E-state index is 9.90. The number of carboxylic acids is 2. The van der Waals surface area contributed by atoms with Gasteiger partial charge >= 0.3 is 60.8 Å². The Morgan fingerprint density at radius 3 is 1.45 bits per heavy atom. The quantitative estimate of drug-likeness (QED) is 0.572. The van der Waals surface area contributed by atoms with Crippen molar-refractivity contribution in [3.05, 3.63) is 0 Å². The Balaban J connectivity index is -0.000000135. The van der Waals surface area contributed by atoms with Crippen molar-refractivity contribution in [1.82, 2.24) is 0 Å². The second-order valence-electron chi connectivity index (χ2n) is 1.99. The topological polar surface area (TPSA) is 74.6 Å². The molecule has 2 N–H and O–H groups in total. The van der Waals surface area contributed by atoms with Gasteiger partial charge in [-0.05, 0) is 12.8 Å². The second-order valence-corrected chi connectivity index (χ2v) is 1.99. The largest absolute Gasteiger partial charge is 2.00 e. The molecule has 0 bridgehead atoms. The first kappa shape index (κ1) is 14.1. The zero-order chi connectivity index (χ0) is 7.98. The van der Waals surface area contributed by atoms with E-state index in [9.17, 15) is 9.59 Å². The molecule has 0 aliphatic rings. The Bertz CT molecular complexity index is 127. The summed E-state index contributed by atoms with van der Waals surface area (Å²) in [6.07, 6.45) is 1.02. The Labute approximate surface area is 108 Å². The summed E-state index contributed by atoms with van der Waals surface area (Å²) in [7, 11) is 0. The molecule has 0 spiro atoms. The van der Waals surface area contributed by atoms with Gasteiger partial charge in [0.2, 0.25) is 0 Å². The van der Waals surface area contributed by atoms with Gasteiger partial charge in [0.25, 0.3) is 0 Å². The van der Waals surface area contributed by atoms with Crippen molar-refractivity contribution in [2.45, 2.75) is 25.7 Å². The molecule has 0 heterocycles. The van der Waals surface area contributed by atoms with E-state index in [1.807, 2.05) is 0 Å². The molecule has 0 rings (SSSR count). The minimum absolute atomic E-state index is 0. The molecule has 0 aromatic carbocycles. The average molecular weight is 285 g/mol. The molecular weight excluding hydrogens is 273 g/mol. The number of unbranched alkanes of at least 4 members (excludes halogenated alkanes) is 1. The molecular formula is C6H12BaO4. The fraction of sp³-hybridized carbons (Fsp3) is 0.667. The van der Waals surface area contributed by atoms with Crippen LogP contribution in [0.5, 0.6) is 0 Å². The molecule has 0 unspecified atom stereocenters. The van der Waals surface area contributed by atoms with Crippen molar-refractivity contribution < 1.29 is 22.7 Å². The summed E-state index contributed by atoms with van der Waals surface area (Å²) in [4.78, 5) is 19.8. The molecule has 0 aromatic rings. The summed E-state index contributed by atoms with van der Waals surface area (Å²) in [6, 6.07) is 0. The van der Waals surface area contributed by atoms with Crippen LogP contribution in [0.25, 0.3) is 0 Å². The number of carboxylic acid groups (broad SMARTS) is 2. The predicted octanol–water partition coefficient (Wildman–Crippen LogP) is 0.560. The van der Waals surface area contributed by atoms with Gasteiger partial charge in [0.05, 0.1) is 0 Å². The smallest absolute Gasteiger partial charge is 1.00 e. The molecule has 11 heavy (non-hydrogen) atoms. The maximum Gasteiger partial charge on any atom is 2.00 e. The summed E-state index contributed by atoms with van der Waals surface area (Å²) in [5.74, 6) is -1.74. The summed E-state index contributed by atoms with van der Waals surface area (Å²) >= 11 is 0. The summed E-state index contributed by atoms with van der Waals surface area (Å²) in [6.45, 7) is 0. The first-order chi connectivity index (χ1) is 4.63. The van der Waals surface area contributed by atoms with Crippen molar-refractivity contribution in [3.63, 3.8) is 0 Å². The van der Waals surface area contributed by atoms with E-state index in [1.165, 1.54) is 0 Å². The van der Waals surface area contributed by atoms with Crippen LogP contribution in [0.15, 0.2) is 0 Å². The maximum absolute atomic E-state index is 9.90. The normalized spacial score (nSPS) is 8.36. The number of aliphatic carboxylic acids is 2. The van der Waals surface area contributed by atoms with E-state index in [2.05, 4.69) is 0 Å². The van der Waals surface area contributed by atoms with Gasteiger partial charge < -0.3 is 13.1 Å². The third kappa shape index (κ3) is 13.5. The van der Waals surface area contributed by atoms with Gasteiger partial charge in [-0.25, -0.2) is 0 Å². The SMILES string of the molecule is O=C(O)CCCCC(=O)O.[Ba+2].[H-].[H-]. The third-order valence-electron chi connectivity index (χ3n) is 1.03. The van der Waals surface area contributed by atoms with Crippen LogP contribution in [-0.4, -0.2) is 71.0 Å². The van der Waals surface area contributed by atoms with Crippen molar-refractivity contribution in [3.8, 4) is 0 Å². The van der Waals surface area contributed by atoms with Gasteiger partial charge in [-0.3, -0.25) is 9.59 Å². The first-order valence-corrected chi connectivity index (χ1v) is 3.06. The van der Waals surface area contributed by atoms with E-state index in [1.54, 1.807) is 0 Å². The van der Waals surface area contributed by atoms with Gasteiger partial charge in [-0.15, -0.1) is 0 Å². The molecule has 0 saturated heterocycles. The van der Waals surface area contributed by atoms with Crippen molar-refractivity contribution in [2.24, 2.45) is 0 Å². The number of hydrogen-bond donors (Lipinski definition) is 2. The van der Waals surface area contributed by atoms with Crippen molar-refractivity contribution in [1.29, 1.82) is 0 Å². The Morgan fingerprint density at radius 2 is 1.27 bits per heavy atom. The first-order valence-electron chi connectivity index (χ1n) is 3.06. The summed E-state index contributed by atoms with van der Waals surface area (Å²) in [5.41, 5.74) is 0. The molecule has 0 aliphatic carbocycles. The molecule has 0 aromatic heterocycles. The van der Waals surface area contributed by atoms with Gasteiger partial charge in [0, 0.05) is 12.8 Å². The molecule has 62 valence electrons. The van der Waals surface area contributed by atoms with Gasteiger partial charge in [0.15, 0.2) is 0 Å². The number of carbonyl (C=O) groups is 2. The van der Waals surface area contributed by atoms with Crippen LogP contribution in [-0.2, 0) is 9.59 Å². The molecule has 0 saturated carbocycles. The molecule has 0 fully saturated rings. The van der Waals surface area contributed by atoms with Gasteiger partial charge in [-0.2, -0.15) is 0 Å². The molecule has 5 heteroatoms. The van der Waals surface area contributed by atoms with Gasteiger partial charge in [0.1, 0.15) is 0 Å². The summed E-state index contributed by atoms with van der Waals surface area (Å²) in [5, 5.41) is 16.3. The molecule has 4 nitrogen and oxygen atoms in total. The second kappa shape index (κ2) is 8.61. The zero-order valence-electron chi connectivity index (χ0n) is 8.25. The van der Waals surface area contributed by atoms with Crippen LogP contribution >= 0.6 is 0 Å². The minimum atomic E-state index is -0.870. The van der Waals surface area contributed by atoms with Crippen LogP contribution in [0.2, 0.25) is 0 Å².